The summed E-state index contributed by atoms with van der Waals surface area (Å²) < 4.78 is 0. The van der Waals surface area contributed by atoms with Gasteiger partial charge in [0.25, 0.3) is 0 Å². The molecular formula is C15H17N3O. The van der Waals surface area contributed by atoms with E-state index in [0.717, 1.165) is 35.0 Å². The molecule has 2 aromatic rings. The molecule has 1 atom stereocenters. The Kier molecular flexibility index (Phi) is 2.55. The Morgan fingerprint density at radius 1 is 1.26 bits per heavy atom. The van der Waals surface area contributed by atoms with E-state index in [-0.39, 0.29) is 5.41 Å². The lowest BCUT2D eigenvalue weighted by atomic mass is 9.81. The summed E-state index contributed by atoms with van der Waals surface area (Å²) in [5, 5.41) is 9.02. The van der Waals surface area contributed by atoms with Crippen molar-refractivity contribution >= 4 is 23.0 Å². The fourth-order valence-electron chi connectivity index (χ4n) is 2.78. The second kappa shape index (κ2) is 4.02. The van der Waals surface area contributed by atoms with Gasteiger partial charge < -0.3 is 0 Å². The summed E-state index contributed by atoms with van der Waals surface area (Å²) >= 11 is 0. The number of benzene rings is 1. The maximum atomic E-state index is 11.3. The molecule has 98 valence electrons. The molecule has 1 aromatic carbocycles. The first-order valence-electron chi connectivity index (χ1n) is 6.55. The average molecular weight is 255 g/mol. The van der Waals surface area contributed by atoms with Crippen LogP contribution >= 0.6 is 0 Å². The van der Waals surface area contributed by atoms with Gasteiger partial charge in [-0.1, -0.05) is 32.9 Å². The summed E-state index contributed by atoms with van der Waals surface area (Å²) in [7, 11) is 0. The summed E-state index contributed by atoms with van der Waals surface area (Å²) in [5.74, 6) is 0.414. The second-order valence-electron chi connectivity index (χ2n) is 5.80. The molecule has 0 bridgehead atoms. The minimum Gasteiger partial charge on any atom is -0.298 e. The van der Waals surface area contributed by atoms with Gasteiger partial charge in [0, 0.05) is 11.0 Å². The maximum absolute atomic E-state index is 11.3. The van der Waals surface area contributed by atoms with Gasteiger partial charge in [-0.3, -0.25) is 4.79 Å². The van der Waals surface area contributed by atoms with Crippen molar-refractivity contribution in [3.8, 4) is 0 Å². The zero-order valence-electron chi connectivity index (χ0n) is 11.4. The van der Waals surface area contributed by atoms with E-state index < -0.39 is 0 Å². The van der Waals surface area contributed by atoms with Gasteiger partial charge >= 0.3 is 0 Å². The van der Waals surface area contributed by atoms with Crippen molar-refractivity contribution < 1.29 is 4.79 Å². The Bertz CT molecular complexity index is 649. The molecule has 19 heavy (non-hydrogen) atoms. The third-order valence-corrected chi connectivity index (χ3v) is 4.30. The van der Waals surface area contributed by atoms with E-state index in [9.17, 15) is 4.79 Å². The van der Waals surface area contributed by atoms with E-state index in [1.165, 1.54) is 0 Å². The summed E-state index contributed by atoms with van der Waals surface area (Å²) in [5.41, 5.74) is 3.38. The van der Waals surface area contributed by atoms with E-state index in [1.807, 2.05) is 24.3 Å². The van der Waals surface area contributed by atoms with Crippen molar-refractivity contribution in [1.82, 2.24) is 15.0 Å². The SMILES string of the molecule is CC1CC(C=O)=C(n2nc3ccccc3n2)C1(C)C. The third-order valence-electron chi connectivity index (χ3n) is 4.30. The van der Waals surface area contributed by atoms with E-state index in [1.54, 1.807) is 4.80 Å². The van der Waals surface area contributed by atoms with Gasteiger partial charge in [0.05, 0.1) is 5.70 Å². The number of carbonyl (C=O) groups is 1. The summed E-state index contributed by atoms with van der Waals surface area (Å²) in [6.45, 7) is 6.47. The molecule has 1 aromatic heterocycles. The monoisotopic (exact) mass is 255 g/mol. The molecular weight excluding hydrogens is 238 g/mol. The maximum Gasteiger partial charge on any atom is 0.147 e. The van der Waals surface area contributed by atoms with Crippen LogP contribution in [0.5, 0.6) is 0 Å². The van der Waals surface area contributed by atoms with E-state index in [0.29, 0.717) is 5.92 Å². The van der Waals surface area contributed by atoms with Gasteiger partial charge in [0.1, 0.15) is 17.3 Å². The molecule has 0 radical (unpaired) electrons. The Balaban J connectivity index is 2.21. The molecule has 0 aliphatic heterocycles. The molecule has 0 amide bonds. The van der Waals surface area contributed by atoms with Crippen LogP contribution in [-0.4, -0.2) is 21.3 Å². The first kappa shape index (κ1) is 12.1. The van der Waals surface area contributed by atoms with Gasteiger partial charge in [-0.05, 0) is 24.5 Å². The summed E-state index contributed by atoms with van der Waals surface area (Å²) in [4.78, 5) is 13.0. The van der Waals surface area contributed by atoms with Crippen LogP contribution in [0.3, 0.4) is 0 Å². The fraction of sp³-hybridized carbons (Fsp3) is 0.400. The predicted molar refractivity (Wildman–Crippen MR) is 74.4 cm³/mol. The number of rotatable bonds is 2. The fourth-order valence-corrected chi connectivity index (χ4v) is 2.78. The largest absolute Gasteiger partial charge is 0.298 e. The first-order valence-corrected chi connectivity index (χ1v) is 6.55. The molecule has 0 N–H and O–H groups in total. The molecule has 0 spiro atoms. The van der Waals surface area contributed by atoms with Gasteiger partial charge in [0.15, 0.2) is 0 Å². The summed E-state index contributed by atoms with van der Waals surface area (Å²) in [6.07, 6.45) is 1.75. The quantitative estimate of drug-likeness (QED) is 0.775. The van der Waals surface area contributed by atoms with Crippen LogP contribution in [0.1, 0.15) is 27.2 Å². The Morgan fingerprint density at radius 3 is 2.37 bits per heavy atom. The van der Waals surface area contributed by atoms with Crippen molar-refractivity contribution in [2.45, 2.75) is 27.2 Å². The number of hydrogen-bond acceptors (Lipinski definition) is 3. The van der Waals surface area contributed by atoms with E-state index in [4.69, 9.17) is 0 Å². The number of nitrogens with zero attached hydrogens (tertiary/aromatic N) is 3. The lowest BCUT2D eigenvalue weighted by Gasteiger charge is -2.26. The van der Waals surface area contributed by atoms with Crippen LogP contribution in [0.15, 0.2) is 29.8 Å². The highest BCUT2D eigenvalue weighted by atomic mass is 16.1. The molecule has 1 heterocycles. The van der Waals surface area contributed by atoms with Crippen molar-refractivity contribution in [3.05, 3.63) is 29.8 Å². The minimum atomic E-state index is -0.0920. The van der Waals surface area contributed by atoms with Crippen LogP contribution in [0, 0.1) is 11.3 Å². The molecule has 1 aliphatic rings. The molecule has 0 saturated carbocycles. The molecule has 0 fully saturated rings. The second-order valence-corrected chi connectivity index (χ2v) is 5.80. The van der Waals surface area contributed by atoms with Crippen molar-refractivity contribution in [2.75, 3.05) is 0 Å². The topological polar surface area (TPSA) is 47.8 Å². The molecule has 0 saturated heterocycles. The molecule has 1 unspecified atom stereocenters. The highest BCUT2D eigenvalue weighted by molar-refractivity contribution is 5.86. The molecule has 4 heteroatoms. The van der Waals surface area contributed by atoms with Crippen molar-refractivity contribution in [3.63, 3.8) is 0 Å². The zero-order chi connectivity index (χ0) is 13.6. The smallest absolute Gasteiger partial charge is 0.147 e. The van der Waals surface area contributed by atoms with Crippen LogP contribution in [-0.2, 0) is 4.79 Å². The van der Waals surface area contributed by atoms with Crippen LogP contribution in [0.25, 0.3) is 16.7 Å². The predicted octanol–water partition coefficient (Wildman–Crippen LogP) is 2.91. The Labute approximate surface area is 112 Å². The lowest BCUT2D eigenvalue weighted by Crippen LogP contribution is -2.22. The lowest BCUT2D eigenvalue weighted by molar-refractivity contribution is -0.105. The number of aldehydes is 1. The van der Waals surface area contributed by atoms with E-state index in [2.05, 4.69) is 31.0 Å². The Morgan fingerprint density at radius 2 is 1.84 bits per heavy atom. The number of hydrogen-bond donors (Lipinski definition) is 0. The highest BCUT2D eigenvalue weighted by Gasteiger charge is 2.41. The van der Waals surface area contributed by atoms with Gasteiger partial charge in [-0.25, -0.2) is 0 Å². The van der Waals surface area contributed by atoms with Crippen LogP contribution in [0.2, 0.25) is 0 Å². The van der Waals surface area contributed by atoms with Gasteiger partial charge in [-0.15, -0.1) is 10.2 Å². The van der Waals surface area contributed by atoms with E-state index >= 15 is 0 Å². The minimum absolute atomic E-state index is 0.0920. The number of aromatic nitrogens is 3. The third kappa shape index (κ3) is 1.70. The highest BCUT2D eigenvalue weighted by Crippen LogP contribution is 2.48. The molecule has 3 rings (SSSR count). The van der Waals surface area contributed by atoms with Crippen LogP contribution in [0.4, 0.5) is 0 Å². The van der Waals surface area contributed by atoms with Crippen molar-refractivity contribution in [2.24, 2.45) is 11.3 Å². The van der Waals surface area contributed by atoms with Crippen LogP contribution < -0.4 is 0 Å². The standard InChI is InChI=1S/C15H17N3O/c1-10-8-11(9-19)14(15(10,2)3)18-16-12-6-4-5-7-13(12)17-18/h4-7,9-10H,8H2,1-3H3. The zero-order valence-corrected chi connectivity index (χ0v) is 11.4. The number of fused-ring (bicyclic) bond motifs is 1. The van der Waals surface area contributed by atoms with Crippen molar-refractivity contribution in [1.29, 1.82) is 0 Å². The number of allylic oxidation sites excluding steroid dienone is 2. The Hall–Kier alpha value is -1.97. The normalized spacial score (nSPS) is 22.2. The van der Waals surface area contributed by atoms with Gasteiger partial charge in [0.2, 0.25) is 0 Å². The average Bonchev–Trinajstić information content (AvgIpc) is 2.88. The number of carbonyl (C=O) groups excluding carboxylic acids is 1. The summed E-state index contributed by atoms with van der Waals surface area (Å²) in [6, 6.07) is 7.76. The van der Waals surface area contributed by atoms with Gasteiger partial charge in [-0.2, -0.15) is 4.80 Å². The molecule has 4 nitrogen and oxygen atoms in total. The molecule has 1 aliphatic carbocycles. The first-order chi connectivity index (χ1) is 9.04.